The van der Waals surface area contributed by atoms with Crippen LogP contribution in [0.25, 0.3) is 33.4 Å². The van der Waals surface area contributed by atoms with Gasteiger partial charge in [-0.3, -0.25) is 0 Å². The highest BCUT2D eigenvalue weighted by atomic mass is 16.4. The van der Waals surface area contributed by atoms with Crippen molar-refractivity contribution in [3.05, 3.63) is 131 Å². The summed E-state index contributed by atoms with van der Waals surface area (Å²) < 4.78 is 6.48. The van der Waals surface area contributed by atoms with Gasteiger partial charge in [0.25, 0.3) is 0 Å². The first-order valence-corrected chi connectivity index (χ1v) is 12.7. The highest BCUT2D eigenvalue weighted by Crippen LogP contribution is 2.42. The Bertz CT molecular complexity index is 1900. The molecule has 0 fully saturated rings. The molecule has 0 radical (unpaired) electrons. The van der Waals surface area contributed by atoms with E-state index in [9.17, 15) is 9.90 Å². The molecule has 5 heteroatoms. The number of nitrogens with zero attached hydrogens (tertiary/aromatic N) is 1. The number of hydrogen-bond donors (Lipinski definition) is 2. The van der Waals surface area contributed by atoms with Crippen molar-refractivity contribution in [3.63, 3.8) is 0 Å². The number of hydrogen-bond acceptors (Lipinski definition) is 4. The molecule has 0 saturated carbocycles. The van der Waals surface area contributed by atoms with Crippen LogP contribution in [0.4, 0.5) is 17.1 Å². The molecule has 39 heavy (non-hydrogen) atoms. The van der Waals surface area contributed by atoms with Crippen LogP contribution >= 0.6 is 0 Å². The number of rotatable bonds is 5. The average molecular weight is 511 g/mol. The molecule has 0 spiro atoms. The largest absolute Gasteiger partial charge is 0.478 e. The van der Waals surface area contributed by atoms with Gasteiger partial charge in [-0.1, -0.05) is 54.6 Å². The van der Waals surface area contributed by atoms with Crippen LogP contribution in [-0.2, 0) is 0 Å². The van der Waals surface area contributed by atoms with E-state index in [0.29, 0.717) is 16.9 Å². The number of fused-ring (bicyclic) bond motifs is 2. The van der Waals surface area contributed by atoms with Gasteiger partial charge in [0.15, 0.2) is 0 Å². The van der Waals surface area contributed by atoms with Crippen LogP contribution in [0, 0.1) is 13.8 Å². The first-order chi connectivity index (χ1) is 19.0. The predicted molar refractivity (Wildman–Crippen MR) is 156 cm³/mol. The van der Waals surface area contributed by atoms with Gasteiger partial charge in [0.1, 0.15) is 11.3 Å². The van der Waals surface area contributed by atoms with Gasteiger partial charge in [-0.2, -0.15) is 0 Å². The molecule has 4 aromatic carbocycles. The Morgan fingerprint density at radius 2 is 1.51 bits per heavy atom. The molecule has 0 bridgehead atoms. The van der Waals surface area contributed by atoms with E-state index in [1.807, 2.05) is 97.9 Å². The average Bonchev–Trinajstić information content (AvgIpc) is 2.94. The van der Waals surface area contributed by atoms with Gasteiger partial charge in [-0.05, 0) is 73.0 Å². The standard InChI is InChI=1S/C34H26N2O3/c1-21-9-3-7-13-29(21)35-23-15-17-27-31(19-23)39-32-20-24(36-30-14-8-4-10-22(30)2)16-18-28(32)33(27)25-11-5-6-12-26(25)34(37)38/h3-20,35H,1-2H3,(H,37,38)/b36-24+. The summed E-state index contributed by atoms with van der Waals surface area (Å²) in [6, 6.07) is 34.9. The third-order valence-corrected chi connectivity index (χ3v) is 6.92. The van der Waals surface area contributed by atoms with Crippen molar-refractivity contribution in [1.29, 1.82) is 0 Å². The number of benzene rings is 5. The lowest BCUT2D eigenvalue weighted by atomic mass is 9.90. The molecule has 4 aromatic rings. The van der Waals surface area contributed by atoms with Crippen molar-refractivity contribution < 1.29 is 14.3 Å². The first kappa shape index (κ1) is 24.2. The van der Waals surface area contributed by atoms with E-state index in [1.165, 1.54) is 0 Å². The molecule has 0 amide bonds. The van der Waals surface area contributed by atoms with Crippen LogP contribution in [0.3, 0.4) is 0 Å². The second-order valence-corrected chi connectivity index (χ2v) is 9.56. The highest BCUT2D eigenvalue weighted by molar-refractivity contribution is 6.07. The molecule has 2 aliphatic rings. The summed E-state index contributed by atoms with van der Waals surface area (Å²) in [6.07, 6.45) is 0. The Morgan fingerprint density at radius 1 is 0.769 bits per heavy atom. The first-order valence-electron chi connectivity index (χ1n) is 12.7. The van der Waals surface area contributed by atoms with Crippen LogP contribution < -0.4 is 10.7 Å². The molecule has 1 heterocycles. The van der Waals surface area contributed by atoms with Crippen LogP contribution in [0.15, 0.2) is 119 Å². The van der Waals surface area contributed by atoms with Crippen molar-refractivity contribution in [2.75, 3.05) is 5.32 Å². The fourth-order valence-electron chi connectivity index (χ4n) is 4.90. The minimum atomic E-state index is -0.975. The number of carboxylic acid groups (broad SMARTS) is 1. The summed E-state index contributed by atoms with van der Waals surface area (Å²) in [7, 11) is 0. The topological polar surface area (TPSA) is 74.8 Å². The fraction of sp³-hybridized carbons (Fsp3) is 0.0588. The molecule has 0 unspecified atom stereocenters. The zero-order valence-electron chi connectivity index (χ0n) is 21.6. The number of nitrogens with one attached hydrogen (secondary N) is 1. The number of carboxylic acids is 1. The summed E-state index contributed by atoms with van der Waals surface area (Å²) >= 11 is 0. The van der Waals surface area contributed by atoms with Gasteiger partial charge in [-0.15, -0.1) is 0 Å². The lowest BCUT2D eigenvalue weighted by Crippen LogP contribution is -2.04. The maximum absolute atomic E-state index is 12.2. The molecular weight excluding hydrogens is 484 g/mol. The molecular formula is C34H26N2O3. The van der Waals surface area contributed by atoms with Crippen molar-refractivity contribution in [3.8, 4) is 22.5 Å². The van der Waals surface area contributed by atoms with Crippen LogP contribution in [0.5, 0.6) is 0 Å². The smallest absolute Gasteiger partial charge is 0.336 e. The van der Waals surface area contributed by atoms with Crippen molar-refractivity contribution in [2.45, 2.75) is 13.8 Å². The molecule has 190 valence electrons. The monoisotopic (exact) mass is 510 g/mol. The van der Waals surface area contributed by atoms with Crippen LogP contribution in [-0.4, -0.2) is 11.1 Å². The molecule has 0 aromatic heterocycles. The number of carbonyl (C=O) groups is 1. The Kier molecular flexibility index (Phi) is 6.17. The van der Waals surface area contributed by atoms with Gasteiger partial charge in [0, 0.05) is 40.0 Å². The number of aryl methyl sites for hydroxylation is 2. The zero-order valence-corrected chi connectivity index (χ0v) is 21.6. The third kappa shape index (κ3) is 4.66. The molecule has 0 atom stereocenters. The van der Waals surface area contributed by atoms with E-state index >= 15 is 0 Å². The normalized spacial score (nSPS) is 11.7. The minimum absolute atomic E-state index is 0.238. The predicted octanol–water partition coefficient (Wildman–Crippen LogP) is 8.50. The fourth-order valence-corrected chi connectivity index (χ4v) is 4.90. The lowest BCUT2D eigenvalue weighted by Gasteiger charge is -2.18. The maximum Gasteiger partial charge on any atom is 0.336 e. The SMILES string of the molecule is Cc1ccccc1/N=c1\ccc2c(-c3ccccc3C(=O)O)c3ccc(Nc4ccccc4C)cc3oc-2c1. The summed E-state index contributed by atoms with van der Waals surface area (Å²) in [6.45, 7) is 4.09. The Balaban J connectivity index is 1.61. The lowest BCUT2D eigenvalue weighted by molar-refractivity contribution is 0.0697. The Labute approximate surface area is 226 Å². The van der Waals surface area contributed by atoms with Gasteiger partial charge in [0.2, 0.25) is 0 Å². The van der Waals surface area contributed by atoms with Crippen LogP contribution in [0.2, 0.25) is 0 Å². The Morgan fingerprint density at radius 3 is 2.31 bits per heavy atom. The van der Waals surface area contributed by atoms with Crippen molar-refractivity contribution in [1.82, 2.24) is 0 Å². The number of para-hydroxylation sites is 2. The highest BCUT2D eigenvalue weighted by Gasteiger charge is 2.21. The Hall–Kier alpha value is -5.16. The van der Waals surface area contributed by atoms with Crippen LogP contribution in [0.1, 0.15) is 21.5 Å². The van der Waals surface area contributed by atoms with Gasteiger partial charge in [-0.25, -0.2) is 9.79 Å². The van der Waals surface area contributed by atoms with Gasteiger partial charge in [0.05, 0.1) is 16.6 Å². The van der Waals surface area contributed by atoms with E-state index in [0.717, 1.165) is 50.1 Å². The van der Waals surface area contributed by atoms with Crippen molar-refractivity contribution >= 4 is 34.0 Å². The van der Waals surface area contributed by atoms with Crippen molar-refractivity contribution in [2.24, 2.45) is 4.99 Å². The van der Waals surface area contributed by atoms with E-state index in [-0.39, 0.29) is 5.56 Å². The zero-order chi connectivity index (χ0) is 26.9. The number of aromatic carboxylic acids is 1. The summed E-state index contributed by atoms with van der Waals surface area (Å²) in [5.74, 6) is -0.350. The van der Waals surface area contributed by atoms with E-state index in [2.05, 4.69) is 18.3 Å². The second kappa shape index (κ2) is 9.95. The summed E-state index contributed by atoms with van der Waals surface area (Å²) in [5, 5.41) is 15.1. The molecule has 2 N–H and O–H groups in total. The molecule has 5 nitrogen and oxygen atoms in total. The third-order valence-electron chi connectivity index (χ3n) is 6.92. The van der Waals surface area contributed by atoms with E-state index in [4.69, 9.17) is 9.41 Å². The van der Waals surface area contributed by atoms with Gasteiger partial charge >= 0.3 is 5.97 Å². The maximum atomic E-state index is 12.2. The minimum Gasteiger partial charge on any atom is -0.478 e. The molecule has 0 saturated heterocycles. The molecule has 1 aliphatic heterocycles. The molecule has 6 rings (SSSR count). The summed E-state index contributed by atoms with van der Waals surface area (Å²) in [5.41, 5.74) is 8.13. The second-order valence-electron chi connectivity index (χ2n) is 9.56. The number of anilines is 2. The quantitative estimate of drug-likeness (QED) is 0.228. The molecule has 1 aliphatic carbocycles. The van der Waals surface area contributed by atoms with E-state index in [1.54, 1.807) is 12.1 Å². The summed E-state index contributed by atoms with van der Waals surface area (Å²) in [4.78, 5) is 17.0. The van der Waals surface area contributed by atoms with Gasteiger partial charge < -0.3 is 14.8 Å². The van der Waals surface area contributed by atoms with E-state index < -0.39 is 5.97 Å².